The second-order valence-corrected chi connectivity index (χ2v) is 5.54. The Morgan fingerprint density at radius 2 is 2.04 bits per heavy atom. The highest BCUT2D eigenvalue weighted by Crippen LogP contribution is 2.46. The first-order valence-electron chi connectivity index (χ1n) is 7.57. The quantitative estimate of drug-likeness (QED) is 0.918. The van der Waals surface area contributed by atoms with Crippen molar-refractivity contribution in [1.82, 2.24) is 15.1 Å². The molecule has 0 fully saturated rings. The predicted octanol–water partition coefficient (Wildman–Crippen LogP) is 1.32. The van der Waals surface area contributed by atoms with Crippen LogP contribution in [0.3, 0.4) is 0 Å². The molecule has 1 N–H and O–H groups in total. The van der Waals surface area contributed by atoms with Crippen LogP contribution in [0, 0.1) is 0 Å². The van der Waals surface area contributed by atoms with Gasteiger partial charge in [-0.3, -0.25) is 19.2 Å². The van der Waals surface area contributed by atoms with E-state index in [1.165, 1.54) is 14.2 Å². The Kier molecular flexibility index (Phi) is 3.02. The van der Waals surface area contributed by atoms with Crippen LogP contribution < -0.4 is 19.7 Å². The molecule has 2 aliphatic heterocycles. The Morgan fingerprint density at radius 3 is 2.71 bits per heavy atom. The number of amides is 2. The lowest BCUT2D eigenvalue weighted by Gasteiger charge is -2.29. The molecule has 3 heterocycles. The minimum atomic E-state index is -0.568. The van der Waals surface area contributed by atoms with E-state index in [0.717, 1.165) is 0 Å². The second-order valence-electron chi connectivity index (χ2n) is 5.54. The number of rotatable bonds is 3. The van der Waals surface area contributed by atoms with Gasteiger partial charge >= 0.3 is 0 Å². The number of methoxy groups -OCH3 is 2. The van der Waals surface area contributed by atoms with Gasteiger partial charge in [-0.05, 0) is 13.0 Å². The number of anilines is 1. The summed E-state index contributed by atoms with van der Waals surface area (Å²) in [5, 5.41) is 7.08. The minimum absolute atomic E-state index is 0.248. The fraction of sp³-hybridized carbons (Fsp3) is 0.312. The average molecular weight is 328 g/mol. The maximum Gasteiger partial charge on any atom is 0.275 e. The molecule has 2 aromatic rings. The van der Waals surface area contributed by atoms with Crippen molar-refractivity contribution in [3.63, 3.8) is 0 Å². The third-order valence-corrected chi connectivity index (χ3v) is 4.37. The maximum absolute atomic E-state index is 13.0. The molecule has 0 bridgehead atoms. The standard InChI is InChI=1S/C16H16N4O4/c1-4-19-7-9-12(18-19)15(21)17-14-8-5-6-10(23-2)13(24-3)11(8)16(22)20(9)14/h5-7,14H,4H2,1-3H3,(H,17,21). The number of ether oxygens (including phenoxy) is 2. The Morgan fingerprint density at radius 1 is 1.25 bits per heavy atom. The molecule has 2 aliphatic rings. The first kappa shape index (κ1) is 14.6. The summed E-state index contributed by atoms with van der Waals surface area (Å²) < 4.78 is 12.3. The van der Waals surface area contributed by atoms with Crippen LogP contribution in [0.5, 0.6) is 11.5 Å². The van der Waals surface area contributed by atoms with E-state index < -0.39 is 6.17 Å². The largest absolute Gasteiger partial charge is 0.493 e. The van der Waals surface area contributed by atoms with Gasteiger partial charge in [0, 0.05) is 18.3 Å². The first-order valence-corrected chi connectivity index (χ1v) is 7.57. The van der Waals surface area contributed by atoms with Crippen LogP contribution in [0.1, 0.15) is 39.5 Å². The first-order chi connectivity index (χ1) is 11.6. The number of fused-ring (bicyclic) bond motifs is 5. The van der Waals surface area contributed by atoms with E-state index in [-0.39, 0.29) is 17.5 Å². The molecule has 4 rings (SSSR count). The Balaban J connectivity index is 1.92. The number of aromatic nitrogens is 2. The van der Waals surface area contributed by atoms with Crippen molar-refractivity contribution in [1.29, 1.82) is 0 Å². The molecule has 124 valence electrons. The summed E-state index contributed by atoms with van der Waals surface area (Å²) in [7, 11) is 3.00. The van der Waals surface area contributed by atoms with Crippen LogP contribution in [0.2, 0.25) is 0 Å². The third-order valence-electron chi connectivity index (χ3n) is 4.37. The van der Waals surface area contributed by atoms with Gasteiger partial charge in [0.25, 0.3) is 11.8 Å². The zero-order chi connectivity index (χ0) is 17.0. The van der Waals surface area contributed by atoms with Gasteiger partial charge in [0.05, 0.1) is 25.5 Å². The molecule has 0 spiro atoms. The van der Waals surface area contributed by atoms with Gasteiger partial charge in [-0.1, -0.05) is 6.07 Å². The third kappa shape index (κ3) is 1.70. The van der Waals surface area contributed by atoms with Crippen LogP contribution in [0.4, 0.5) is 5.69 Å². The van der Waals surface area contributed by atoms with E-state index in [4.69, 9.17) is 9.47 Å². The summed E-state index contributed by atoms with van der Waals surface area (Å²) in [6.07, 6.45) is 1.15. The number of carbonyl (C=O) groups excluding carboxylic acids is 2. The van der Waals surface area contributed by atoms with Gasteiger partial charge < -0.3 is 14.8 Å². The van der Waals surface area contributed by atoms with E-state index in [1.54, 1.807) is 27.9 Å². The van der Waals surface area contributed by atoms with Crippen LogP contribution in [0.15, 0.2) is 18.3 Å². The molecule has 0 saturated heterocycles. The fourth-order valence-corrected chi connectivity index (χ4v) is 3.26. The lowest BCUT2D eigenvalue weighted by atomic mass is 10.1. The average Bonchev–Trinajstić information content (AvgIpc) is 3.14. The summed E-state index contributed by atoms with van der Waals surface area (Å²) in [6, 6.07) is 3.50. The summed E-state index contributed by atoms with van der Waals surface area (Å²) in [5.41, 5.74) is 1.84. The van der Waals surface area contributed by atoms with Crippen LogP contribution in [-0.4, -0.2) is 35.8 Å². The minimum Gasteiger partial charge on any atom is -0.493 e. The summed E-state index contributed by atoms with van der Waals surface area (Å²) in [4.78, 5) is 27.0. The molecule has 1 aromatic heterocycles. The van der Waals surface area contributed by atoms with Crippen LogP contribution >= 0.6 is 0 Å². The highest BCUT2D eigenvalue weighted by Gasteiger charge is 2.47. The maximum atomic E-state index is 13.0. The molecule has 2 amide bonds. The number of nitrogens with one attached hydrogen (secondary N) is 1. The predicted molar refractivity (Wildman–Crippen MR) is 84.5 cm³/mol. The summed E-state index contributed by atoms with van der Waals surface area (Å²) >= 11 is 0. The van der Waals surface area contributed by atoms with Gasteiger partial charge in [-0.15, -0.1) is 0 Å². The van der Waals surface area contributed by atoms with Crippen molar-refractivity contribution in [3.05, 3.63) is 35.2 Å². The molecule has 24 heavy (non-hydrogen) atoms. The smallest absolute Gasteiger partial charge is 0.275 e. The molecular weight excluding hydrogens is 312 g/mol. The van der Waals surface area contributed by atoms with Gasteiger partial charge in [0.1, 0.15) is 6.17 Å². The van der Waals surface area contributed by atoms with Crippen molar-refractivity contribution >= 4 is 17.5 Å². The Labute approximate surface area is 137 Å². The number of hydrogen-bond donors (Lipinski definition) is 1. The van der Waals surface area contributed by atoms with Crippen molar-refractivity contribution < 1.29 is 19.1 Å². The number of benzene rings is 1. The molecule has 0 aliphatic carbocycles. The molecule has 8 heteroatoms. The van der Waals surface area contributed by atoms with Gasteiger partial charge in [-0.2, -0.15) is 5.10 Å². The van der Waals surface area contributed by atoms with E-state index in [0.29, 0.717) is 34.9 Å². The Bertz CT molecular complexity index is 873. The number of aryl methyl sites for hydroxylation is 1. The zero-order valence-electron chi connectivity index (χ0n) is 13.5. The van der Waals surface area contributed by atoms with E-state index in [2.05, 4.69) is 10.4 Å². The molecular formula is C16H16N4O4. The topological polar surface area (TPSA) is 85.7 Å². The highest BCUT2D eigenvalue weighted by atomic mass is 16.5. The highest BCUT2D eigenvalue weighted by molar-refractivity contribution is 6.17. The van der Waals surface area contributed by atoms with Gasteiger partial charge in [0.2, 0.25) is 0 Å². The lowest BCUT2D eigenvalue weighted by molar-refractivity contribution is 0.0907. The summed E-state index contributed by atoms with van der Waals surface area (Å²) in [5.74, 6) is 0.296. The number of carbonyl (C=O) groups is 2. The van der Waals surface area contributed by atoms with Crippen LogP contribution in [-0.2, 0) is 6.54 Å². The molecule has 1 atom stereocenters. The van der Waals surface area contributed by atoms with E-state index in [1.807, 2.05) is 6.92 Å². The summed E-state index contributed by atoms with van der Waals surface area (Å²) in [6.45, 7) is 2.53. The van der Waals surface area contributed by atoms with E-state index >= 15 is 0 Å². The van der Waals surface area contributed by atoms with Gasteiger partial charge in [0.15, 0.2) is 17.2 Å². The SMILES string of the molecule is CCn1cc2c(n1)C(=O)NC1c3ccc(OC)c(OC)c3C(=O)N21. The number of hydrogen-bond acceptors (Lipinski definition) is 5. The van der Waals surface area contributed by atoms with Crippen LogP contribution in [0.25, 0.3) is 0 Å². The lowest BCUT2D eigenvalue weighted by Crippen LogP contribution is -2.44. The second kappa shape index (κ2) is 4.98. The molecule has 8 nitrogen and oxygen atoms in total. The monoisotopic (exact) mass is 328 g/mol. The van der Waals surface area contributed by atoms with Crippen molar-refractivity contribution in [2.24, 2.45) is 0 Å². The normalized spacial score (nSPS) is 18.0. The molecule has 1 unspecified atom stereocenters. The molecule has 0 radical (unpaired) electrons. The Hall–Kier alpha value is -3.03. The van der Waals surface area contributed by atoms with Gasteiger partial charge in [-0.25, -0.2) is 0 Å². The van der Waals surface area contributed by atoms with Crippen molar-refractivity contribution in [2.75, 3.05) is 19.1 Å². The zero-order valence-corrected chi connectivity index (χ0v) is 13.5. The molecule has 0 saturated carbocycles. The van der Waals surface area contributed by atoms with Crippen molar-refractivity contribution in [3.8, 4) is 11.5 Å². The fourth-order valence-electron chi connectivity index (χ4n) is 3.26. The number of nitrogens with zero attached hydrogens (tertiary/aromatic N) is 3. The molecule has 1 aromatic carbocycles. The van der Waals surface area contributed by atoms with E-state index in [9.17, 15) is 9.59 Å². The van der Waals surface area contributed by atoms with Crippen molar-refractivity contribution in [2.45, 2.75) is 19.6 Å².